The molecule has 0 radical (unpaired) electrons. The summed E-state index contributed by atoms with van der Waals surface area (Å²) in [6.45, 7) is -0.568. The van der Waals surface area contributed by atoms with Crippen molar-refractivity contribution in [3.8, 4) is 11.5 Å². The number of hydrogen-bond acceptors (Lipinski definition) is 5. The Morgan fingerprint density at radius 2 is 1.66 bits per heavy atom. The van der Waals surface area contributed by atoms with E-state index in [0.717, 1.165) is 16.6 Å². The maximum Gasteiger partial charge on any atom is 0.322 e. The molecule has 3 rings (SSSR count). The number of anilines is 1. The van der Waals surface area contributed by atoms with Crippen molar-refractivity contribution < 1.29 is 32.2 Å². The molecule has 166 valence electrons. The molecule has 0 saturated carbocycles. The Kier molecular flexibility index (Phi) is 7.11. The molecule has 0 aliphatic carbocycles. The predicted octanol–water partition coefficient (Wildman–Crippen LogP) is 4.00. The average molecular weight is 523 g/mol. The van der Waals surface area contributed by atoms with E-state index in [-0.39, 0.29) is 21.9 Å². The van der Waals surface area contributed by atoms with Crippen LogP contribution in [-0.2, 0) is 14.8 Å². The monoisotopic (exact) mass is 522 g/mol. The highest BCUT2D eigenvalue weighted by atomic mass is 79.9. The summed E-state index contributed by atoms with van der Waals surface area (Å²) in [6, 6.07) is 15.0. The lowest BCUT2D eigenvalue weighted by Crippen LogP contribution is -2.29. The van der Waals surface area contributed by atoms with Crippen LogP contribution in [0.15, 0.2) is 76.1 Å². The second-order valence-corrected chi connectivity index (χ2v) is 9.00. The maximum atomic E-state index is 13.8. The molecule has 11 heteroatoms. The van der Waals surface area contributed by atoms with Gasteiger partial charge >= 0.3 is 5.97 Å². The van der Waals surface area contributed by atoms with Crippen molar-refractivity contribution >= 4 is 43.5 Å². The van der Waals surface area contributed by atoms with Gasteiger partial charge in [-0.25, -0.2) is 12.8 Å². The third-order valence-corrected chi connectivity index (χ3v) is 5.96. The number of carbonyl (C=O) groups excluding carboxylic acids is 1. The first kappa shape index (κ1) is 23.2. The Morgan fingerprint density at radius 3 is 2.28 bits per heavy atom. The Balaban J connectivity index is 1.81. The molecule has 0 fully saturated rings. The van der Waals surface area contributed by atoms with Crippen LogP contribution in [0.25, 0.3) is 0 Å². The first-order valence-electron chi connectivity index (χ1n) is 9.00. The molecule has 3 N–H and O–H groups in total. The van der Waals surface area contributed by atoms with Crippen molar-refractivity contribution in [2.45, 2.75) is 4.90 Å². The quantitative estimate of drug-likeness (QED) is 0.411. The summed E-state index contributed by atoms with van der Waals surface area (Å²) in [7, 11) is -4.15. The molecule has 0 atom stereocenters. The lowest BCUT2D eigenvalue weighted by Gasteiger charge is -2.14. The summed E-state index contributed by atoms with van der Waals surface area (Å²) < 4.78 is 48.2. The summed E-state index contributed by atoms with van der Waals surface area (Å²) in [5.41, 5.74) is -0.0357. The molecule has 0 aliphatic heterocycles. The molecular formula is C21H16BrFN2O6S. The lowest BCUT2D eigenvalue weighted by molar-refractivity contribution is -0.135. The highest BCUT2D eigenvalue weighted by Crippen LogP contribution is 2.32. The number of carboxylic acid groups (broad SMARTS) is 1. The van der Waals surface area contributed by atoms with Gasteiger partial charge in [-0.2, -0.15) is 0 Å². The van der Waals surface area contributed by atoms with Gasteiger partial charge < -0.3 is 15.2 Å². The number of carbonyl (C=O) groups is 2. The molecule has 32 heavy (non-hydrogen) atoms. The van der Waals surface area contributed by atoms with E-state index >= 15 is 0 Å². The number of rotatable bonds is 8. The molecule has 0 aliphatic rings. The van der Waals surface area contributed by atoms with E-state index in [9.17, 15) is 22.4 Å². The fraction of sp³-hybridized carbons (Fsp3) is 0.0476. The number of amides is 1. The number of halogens is 2. The predicted molar refractivity (Wildman–Crippen MR) is 118 cm³/mol. The van der Waals surface area contributed by atoms with E-state index in [1.54, 1.807) is 24.3 Å². The summed E-state index contributed by atoms with van der Waals surface area (Å²) >= 11 is 3.30. The molecule has 0 bridgehead atoms. The van der Waals surface area contributed by atoms with Crippen LogP contribution in [0.5, 0.6) is 11.5 Å². The molecule has 3 aromatic rings. The van der Waals surface area contributed by atoms with Crippen molar-refractivity contribution in [3.63, 3.8) is 0 Å². The Morgan fingerprint density at radius 1 is 1.00 bits per heavy atom. The summed E-state index contributed by atoms with van der Waals surface area (Å²) in [5.74, 6) is -2.05. The van der Waals surface area contributed by atoms with Gasteiger partial charge in [0.1, 0.15) is 18.1 Å². The lowest BCUT2D eigenvalue weighted by atomic mass is 10.2. The van der Waals surface area contributed by atoms with Gasteiger partial charge in [0.05, 0.1) is 10.6 Å². The molecule has 0 heterocycles. The van der Waals surface area contributed by atoms with Gasteiger partial charge in [-0.15, -0.1) is 0 Å². The van der Waals surface area contributed by atoms with E-state index in [1.165, 1.54) is 30.3 Å². The van der Waals surface area contributed by atoms with E-state index in [2.05, 4.69) is 26.0 Å². The number of hydrogen-bond donors (Lipinski definition) is 3. The van der Waals surface area contributed by atoms with Crippen LogP contribution in [0, 0.1) is 5.82 Å². The zero-order valence-corrected chi connectivity index (χ0v) is 18.6. The van der Waals surface area contributed by atoms with E-state index in [1.807, 2.05) is 0 Å². The Hall–Kier alpha value is -3.44. The Bertz CT molecular complexity index is 1250. The summed E-state index contributed by atoms with van der Waals surface area (Å²) in [5, 5.41) is 10.8. The molecule has 3 aromatic carbocycles. The van der Waals surface area contributed by atoms with Crippen molar-refractivity contribution in [1.29, 1.82) is 0 Å². The number of nitrogens with one attached hydrogen (secondary N) is 2. The van der Waals surface area contributed by atoms with Gasteiger partial charge in [-0.05, 0) is 60.7 Å². The number of benzene rings is 3. The minimum Gasteiger partial charge on any atom is -0.480 e. The molecule has 0 spiro atoms. The van der Waals surface area contributed by atoms with Crippen molar-refractivity contribution in [3.05, 3.63) is 82.6 Å². The highest BCUT2D eigenvalue weighted by molar-refractivity contribution is 9.10. The van der Waals surface area contributed by atoms with Gasteiger partial charge in [-0.1, -0.05) is 15.9 Å². The van der Waals surface area contributed by atoms with Crippen LogP contribution in [0.4, 0.5) is 10.1 Å². The SMILES string of the molecule is O=C(O)CNC(=O)c1ccc(S(=O)(=O)Nc2cc(F)ccc2Oc2ccc(Br)cc2)cc1. The minimum atomic E-state index is -4.15. The minimum absolute atomic E-state index is 0.0789. The first-order valence-corrected chi connectivity index (χ1v) is 11.3. The number of ether oxygens (including phenoxy) is 1. The largest absolute Gasteiger partial charge is 0.480 e. The normalized spacial score (nSPS) is 10.9. The van der Waals surface area contributed by atoms with Crippen LogP contribution in [0.2, 0.25) is 0 Å². The Labute approximate surface area is 191 Å². The van der Waals surface area contributed by atoms with Gasteiger partial charge in [0, 0.05) is 16.1 Å². The van der Waals surface area contributed by atoms with E-state index in [4.69, 9.17) is 9.84 Å². The topological polar surface area (TPSA) is 122 Å². The molecule has 0 aromatic heterocycles. The van der Waals surface area contributed by atoms with Crippen molar-refractivity contribution in [2.75, 3.05) is 11.3 Å². The number of carboxylic acids is 1. The fourth-order valence-corrected chi connectivity index (χ4v) is 3.87. The smallest absolute Gasteiger partial charge is 0.322 e. The maximum absolute atomic E-state index is 13.8. The second-order valence-electron chi connectivity index (χ2n) is 6.40. The van der Waals surface area contributed by atoms with Gasteiger partial charge in [-0.3, -0.25) is 14.3 Å². The number of aliphatic carboxylic acids is 1. The third kappa shape index (κ3) is 6.05. The molecule has 0 saturated heterocycles. The molecule has 1 amide bonds. The second kappa shape index (κ2) is 9.79. The van der Waals surface area contributed by atoms with Gasteiger partial charge in [0.2, 0.25) is 0 Å². The van der Waals surface area contributed by atoms with E-state index in [0.29, 0.717) is 5.75 Å². The van der Waals surface area contributed by atoms with Crippen LogP contribution in [0.1, 0.15) is 10.4 Å². The molecule has 8 nitrogen and oxygen atoms in total. The standard InChI is InChI=1S/C21H16BrFN2O6S/c22-14-3-6-16(7-4-14)31-19-10-5-15(23)11-18(19)25-32(29,30)17-8-1-13(2-9-17)21(28)24-12-20(26)27/h1-11,25H,12H2,(H,24,28)(H,26,27). The first-order chi connectivity index (χ1) is 15.1. The van der Waals surface area contributed by atoms with Crippen LogP contribution >= 0.6 is 15.9 Å². The van der Waals surface area contributed by atoms with Crippen LogP contribution < -0.4 is 14.8 Å². The highest BCUT2D eigenvalue weighted by Gasteiger charge is 2.19. The summed E-state index contributed by atoms with van der Waals surface area (Å²) in [6.07, 6.45) is 0. The average Bonchev–Trinajstić information content (AvgIpc) is 2.75. The van der Waals surface area contributed by atoms with Crippen molar-refractivity contribution in [2.24, 2.45) is 0 Å². The molecular weight excluding hydrogens is 507 g/mol. The summed E-state index contributed by atoms with van der Waals surface area (Å²) in [4.78, 5) is 22.2. The number of sulfonamides is 1. The fourth-order valence-electron chi connectivity index (χ4n) is 2.55. The zero-order valence-electron chi connectivity index (χ0n) is 16.2. The van der Waals surface area contributed by atoms with Gasteiger partial charge in [0.25, 0.3) is 15.9 Å². The molecule has 0 unspecified atom stereocenters. The van der Waals surface area contributed by atoms with Gasteiger partial charge in [0.15, 0.2) is 5.75 Å². The third-order valence-electron chi connectivity index (χ3n) is 4.05. The van der Waals surface area contributed by atoms with Crippen LogP contribution in [-0.4, -0.2) is 31.9 Å². The van der Waals surface area contributed by atoms with E-state index < -0.39 is 34.3 Å². The van der Waals surface area contributed by atoms with Crippen molar-refractivity contribution in [1.82, 2.24) is 5.32 Å². The zero-order chi connectivity index (χ0) is 23.3. The van der Waals surface area contributed by atoms with Crippen LogP contribution in [0.3, 0.4) is 0 Å².